The summed E-state index contributed by atoms with van der Waals surface area (Å²) < 4.78 is 11.3. The predicted octanol–water partition coefficient (Wildman–Crippen LogP) is 0.837. The van der Waals surface area contributed by atoms with Gasteiger partial charge in [0.05, 0.1) is 6.61 Å². The normalized spacial score (nSPS) is 23.3. The number of fused-ring (bicyclic) bond motifs is 1. The molecule has 2 rings (SSSR count). The van der Waals surface area contributed by atoms with Crippen LogP contribution in [0.1, 0.15) is 13.3 Å². The van der Waals surface area contributed by atoms with Crippen molar-refractivity contribution in [2.75, 3.05) is 6.61 Å². The molecule has 5 nitrogen and oxygen atoms in total. The summed E-state index contributed by atoms with van der Waals surface area (Å²) in [7, 11) is 0. The molecular weight excluding hydrogens is 206 g/mol. The van der Waals surface area contributed by atoms with Crippen LogP contribution in [0.25, 0.3) is 0 Å². The molecule has 1 aliphatic heterocycles. The van der Waals surface area contributed by atoms with E-state index in [1.54, 1.807) is 0 Å². The van der Waals surface area contributed by atoms with Gasteiger partial charge < -0.3 is 20.9 Å². The number of ether oxygens (including phenoxy) is 2. The molecule has 0 aromatic heterocycles. The van der Waals surface area contributed by atoms with Crippen LogP contribution in [-0.2, 0) is 0 Å². The third-order valence-electron chi connectivity index (χ3n) is 2.37. The van der Waals surface area contributed by atoms with E-state index in [9.17, 15) is 0 Å². The van der Waals surface area contributed by atoms with E-state index in [4.69, 9.17) is 20.9 Å². The molecule has 1 atom stereocenters. The molecule has 0 fully saturated rings. The number of nitrogens with zero attached hydrogens (tertiary/aromatic N) is 1. The van der Waals surface area contributed by atoms with Gasteiger partial charge in [-0.25, -0.2) is 4.99 Å². The molecule has 1 aromatic rings. The molecule has 0 aliphatic carbocycles. The maximum atomic E-state index is 5.78. The van der Waals surface area contributed by atoms with Gasteiger partial charge in [-0.15, -0.1) is 0 Å². The molecule has 1 unspecified atom stereocenters. The van der Waals surface area contributed by atoms with Crippen molar-refractivity contribution in [2.24, 2.45) is 16.5 Å². The Hall–Kier alpha value is -1.91. The lowest BCUT2D eigenvalue weighted by molar-refractivity contribution is 0.0905. The number of para-hydroxylation sites is 2. The Bertz CT molecular complexity index is 415. The monoisotopic (exact) mass is 221 g/mol. The van der Waals surface area contributed by atoms with Gasteiger partial charge in [0, 0.05) is 6.42 Å². The lowest BCUT2D eigenvalue weighted by Gasteiger charge is -2.23. The van der Waals surface area contributed by atoms with Gasteiger partial charge >= 0.3 is 0 Å². The second-order valence-electron chi connectivity index (χ2n) is 3.86. The predicted molar refractivity (Wildman–Crippen MR) is 61.4 cm³/mol. The maximum absolute atomic E-state index is 5.78. The molecular formula is C11H15N3O2. The number of guanidine groups is 1. The van der Waals surface area contributed by atoms with E-state index in [0.29, 0.717) is 18.8 Å². The number of hydrogen-bond donors (Lipinski definition) is 2. The van der Waals surface area contributed by atoms with Crippen molar-refractivity contribution >= 4 is 5.96 Å². The van der Waals surface area contributed by atoms with E-state index in [-0.39, 0.29) is 5.96 Å². The molecule has 0 spiro atoms. The minimum absolute atomic E-state index is 0.0156. The molecule has 0 saturated heterocycles. The summed E-state index contributed by atoms with van der Waals surface area (Å²) in [5.41, 5.74) is 10.0. The molecule has 0 saturated carbocycles. The zero-order chi connectivity index (χ0) is 11.6. The molecule has 0 radical (unpaired) electrons. The first kappa shape index (κ1) is 10.6. The lowest BCUT2D eigenvalue weighted by Crippen LogP contribution is -2.36. The first-order valence-electron chi connectivity index (χ1n) is 5.11. The van der Waals surface area contributed by atoms with Crippen molar-refractivity contribution in [3.8, 4) is 11.5 Å². The van der Waals surface area contributed by atoms with Gasteiger partial charge in [0.1, 0.15) is 0 Å². The molecule has 5 heteroatoms. The third kappa shape index (κ3) is 2.18. The van der Waals surface area contributed by atoms with Crippen molar-refractivity contribution in [1.29, 1.82) is 0 Å². The first-order valence-corrected chi connectivity index (χ1v) is 5.11. The second-order valence-corrected chi connectivity index (χ2v) is 3.86. The number of hydrogen-bond acceptors (Lipinski definition) is 3. The average molecular weight is 221 g/mol. The number of nitrogens with two attached hydrogens (primary N) is 2. The molecule has 4 N–H and O–H groups in total. The van der Waals surface area contributed by atoms with E-state index in [1.807, 2.05) is 31.2 Å². The summed E-state index contributed by atoms with van der Waals surface area (Å²) in [4.78, 5) is 4.10. The molecule has 86 valence electrons. The average Bonchev–Trinajstić information content (AvgIpc) is 2.34. The van der Waals surface area contributed by atoms with Gasteiger partial charge in [0.2, 0.25) is 5.72 Å². The van der Waals surface area contributed by atoms with Crippen molar-refractivity contribution in [2.45, 2.75) is 19.1 Å². The van der Waals surface area contributed by atoms with Gasteiger partial charge in [-0.05, 0) is 19.1 Å². The highest BCUT2D eigenvalue weighted by atomic mass is 16.6. The van der Waals surface area contributed by atoms with Crippen LogP contribution >= 0.6 is 0 Å². The van der Waals surface area contributed by atoms with Crippen LogP contribution in [0.4, 0.5) is 0 Å². The van der Waals surface area contributed by atoms with E-state index < -0.39 is 5.72 Å². The van der Waals surface area contributed by atoms with Crippen LogP contribution < -0.4 is 20.9 Å². The first-order chi connectivity index (χ1) is 7.59. The number of rotatable bonds is 1. The van der Waals surface area contributed by atoms with Crippen molar-refractivity contribution in [3.05, 3.63) is 24.3 Å². The summed E-state index contributed by atoms with van der Waals surface area (Å²) >= 11 is 0. The quantitative estimate of drug-likeness (QED) is 0.543. The molecule has 1 aromatic carbocycles. The van der Waals surface area contributed by atoms with Crippen LogP contribution in [0, 0.1) is 0 Å². The molecule has 16 heavy (non-hydrogen) atoms. The highest BCUT2D eigenvalue weighted by Crippen LogP contribution is 2.34. The van der Waals surface area contributed by atoms with Crippen LogP contribution in [0.15, 0.2) is 29.3 Å². The zero-order valence-corrected chi connectivity index (χ0v) is 9.14. The molecule has 1 aliphatic rings. The maximum Gasteiger partial charge on any atom is 0.204 e. The Morgan fingerprint density at radius 3 is 2.69 bits per heavy atom. The van der Waals surface area contributed by atoms with E-state index in [2.05, 4.69) is 4.99 Å². The lowest BCUT2D eigenvalue weighted by atomic mass is 10.2. The highest BCUT2D eigenvalue weighted by molar-refractivity contribution is 5.76. The fourth-order valence-corrected chi connectivity index (χ4v) is 1.64. The Morgan fingerprint density at radius 2 is 2.00 bits per heavy atom. The van der Waals surface area contributed by atoms with Gasteiger partial charge in [0.25, 0.3) is 0 Å². The number of benzene rings is 1. The fourth-order valence-electron chi connectivity index (χ4n) is 1.64. The summed E-state index contributed by atoms with van der Waals surface area (Å²) in [5, 5.41) is 0. The van der Waals surface area contributed by atoms with Crippen molar-refractivity contribution < 1.29 is 9.47 Å². The summed E-state index contributed by atoms with van der Waals surface area (Å²) in [6, 6.07) is 7.46. The minimum atomic E-state index is -0.758. The fraction of sp³-hybridized carbons (Fsp3) is 0.364. The highest BCUT2D eigenvalue weighted by Gasteiger charge is 2.29. The second kappa shape index (κ2) is 3.92. The standard InChI is InChI=1S/C11H15N3O2/c1-11(14-10(12)13)6-7-15-8-4-2-3-5-9(8)16-11/h2-5H,6-7H2,1H3,(H4,12,13,14). The van der Waals surface area contributed by atoms with E-state index in [1.165, 1.54) is 0 Å². The Kier molecular flexibility index (Phi) is 2.60. The van der Waals surface area contributed by atoms with E-state index in [0.717, 1.165) is 5.75 Å². The SMILES string of the molecule is CC1(N=C(N)N)CCOc2ccccc2O1. The summed E-state index contributed by atoms with van der Waals surface area (Å²) in [6.45, 7) is 2.35. The van der Waals surface area contributed by atoms with Crippen molar-refractivity contribution in [1.82, 2.24) is 0 Å². The number of aliphatic imine (C=N–C) groups is 1. The Morgan fingerprint density at radius 1 is 1.31 bits per heavy atom. The van der Waals surface area contributed by atoms with Crippen LogP contribution in [0.2, 0.25) is 0 Å². The van der Waals surface area contributed by atoms with Gasteiger partial charge in [-0.3, -0.25) is 0 Å². The minimum Gasteiger partial charge on any atom is -0.489 e. The van der Waals surface area contributed by atoms with Gasteiger partial charge in [-0.1, -0.05) is 12.1 Å². The van der Waals surface area contributed by atoms with Crippen LogP contribution in [-0.4, -0.2) is 18.3 Å². The van der Waals surface area contributed by atoms with E-state index >= 15 is 0 Å². The smallest absolute Gasteiger partial charge is 0.204 e. The molecule has 1 heterocycles. The Labute approximate surface area is 94.1 Å². The van der Waals surface area contributed by atoms with Gasteiger partial charge in [-0.2, -0.15) is 0 Å². The van der Waals surface area contributed by atoms with Crippen LogP contribution in [0.5, 0.6) is 11.5 Å². The molecule has 0 bridgehead atoms. The topological polar surface area (TPSA) is 82.9 Å². The third-order valence-corrected chi connectivity index (χ3v) is 2.37. The van der Waals surface area contributed by atoms with Crippen LogP contribution in [0.3, 0.4) is 0 Å². The zero-order valence-electron chi connectivity index (χ0n) is 9.14. The largest absolute Gasteiger partial charge is 0.489 e. The summed E-state index contributed by atoms with van der Waals surface area (Å²) in [5.74, 6) is 1.39. The van der Waals surface area contributed by atoms with Crippen molar-refractivity contribution in [3.63, 3.8) is 0 Å². The van der Waals surface area contributed by atoms with Gasteiger partial charge in [0.15, 0.2) is 17.5 Å². The summed E-state index contributed by atoms with van der Waals surface area (Å²) in [6.07, 6.45) is 0.597. The molecule has 0 amide bonds. The Balaban J connectivity index is 2.32.